The average Bonchev–Trinajstić information content (AvgIpc) is 2.93. The van der Waals surface area contributed by atoms with Gasteiger partial charge in [-0.15, -0.1) is 0 Å². The molecule has 4 unspecified atom stereocenters. The lowest BCUT2D eigenvalue weighted by Gasteiger charge is -2.19. The van der Waals surface area contributed by atoms with Gasteiger partial charge < -0.3 is 34.5 Å². The molecule has 0 aliphatic carbocycles. The number of carbonyl (C=O) groups excluding carboxylic acids is 1. The molecule has 0 bridgehead atoms. The maximum atomic E-state index is 12.2. The zero-order valence-corrected chi connectivity index (χ0v) is 20.2. The number of aliphatic hydroxyl groups excluding tert-OH is 2. The number of phosphoric ester groups is 1. The SMILES string of the molecule is CC(=O)CNCn1cc([C@@H]2O[C@H](COP(=O)(O)OP(=O)(O)OP(=O)(O)O)C(O)C2O)c(=O)[nH]c1=O. The van der Waals surface area contributed by atoms with E-state index >= 15 is 0 Å². The minimum atomic E-state index is -5.78. The van der Waals surface area contributed by atoms with Crippen LogP contribution in [0.1, 0.15) is 18.6 Å². The van der Waals surface area contributed by atoms with Gasteiger partial charge in [-0.25, -0.2) is 18.5 Å². The molecule has 22 heteroatoms. The molecule has 1 aromatic heterocycles. The van der Waals surface area contributed by atoms with Gasteiger partial charge >= 0.3 is 29.2 Å². The molecule has 2 rings (SSSR count). The van der Waals surface area contributed by atoms with Gasteiger partial charge in [-0.2, -0.15) is 8.62 Å². The van der Waals surface area contributed by atoms with Gasteiger partial charge in [0.2, 0.25) is 0 Å². The second kappa shape index (κ2) is 11.3. The van der Waals surface area contributed by atoms with Crippen molar-refractivity contribution in [1.82, 2.24) is 14.9 Å². The highest BCUT2D eigenvalue weighted by molar-refractivity contribution is 7.66. The molecule has 2 heterocycles. The Balaban J connectivity index is 2.12. The molecule has 1 saturated heterocycles. The predicted octanol–water partition coefficient (Wildman–Crippen LogP) is -2.82. The highest BCUT2D eigenvalue weighted by Crippen LogP contribution is 2.66. The van der Waals surface area contributed by atoms with Crippen molar-refractivity contribution in [1.29, 1.82) is 0 Å². The molecule has 19 nitrogen and oxygen atoms in total. The summed E-state index contributed by atoms with van der Waals surface area (Å²) in [5.74, 6) is -0.237. The Morgan fingerprint density at radius 1 is 1.11 bits per heavy atom. The van der Waals surface area contributed by atoms with E-state index in [4.69, 9.17) is 19.4 Å². The number of aromatic nitrogens is 2. The van der Waals surface area contributed by atoms with E-state index in [0.29, 0.717) is 0 Å². The summed E-state index contributed by atoms with van der Waals surface area (Å²) in [5, 5.41) is 23.1. The molecular formula is C13H22N3O16P3. The third-order valence-corrected chi connectivity index (χ3v) is 7.98. The standard InChI is InChI=1S/C13H22N3O16P3/c1-6(17)2-14-5-16-3-7(12(20)15-13(16)21)11-10(19)9(18)8(30-11)4-29-34(25,26)32-35(27,28)31-33(22,23)24/h3,8-11,14,18-19H,2,4-5H2,1H3,(H,25,26)(H,27,28)(H,15,20,21)(H2,22,23,24)/t8-,9?,10?,11+/m1/s1. The van der Waals surface area contributed by atoms with Crippen LogP contribution in [0.15, 0.2) is 15.8 Å². The van der Waals surface area contributed by atoms with Crippen LogP contribution in [0, 0.1) is 0 Å². The van der Waals surface area contributed by atoms with Crippen LogP contribution in [-0.2, 0) is 43.0 Å². The van der Waals surface area contributed by atoms with Crippen LogP contribution >= 0.6 is 23.5 Å². The van der Waals surface area contributed by atoms with Crippen molar-refractivity contribution in [2.24, 2.45) is 0 Å². The van der Waals surface area contributed by atoms with E-state index in [2.05, 4.69) is 18.5 Å². The van der Waals surface area contributed by atoms with Crippen LogP contribution in [0.5, 0.6) is 0 Å². The number of nitrogens with one attached hydrogen (secondary N) is 2. The van der Waals surface area contributed by atoms with Crippen molar-refractivity contribution in [3.05, 3.63) is 32.6 Å². The Kier molecular flexibility index (Phi) is 9.66. The van der Waals surface area contributed by atoms with E-state index < -0.39 is 65.7 Å². The number of ether oxygens (including phenoxy) is 1. The van der Waals surface area contributed by atoms with Crippen molar-refractivity contribution in [3.63, 3.8) is 0 Å². The molecule has 1 aliphatic heterocycles. The summed E-state index contributed by atoms with van der Waals surface area (Å²) >= 11 is 0. The Morgan fingerprint density at radius 3 is 2.31 bits per heavy atom. The largest absolute Gasteiger partial charge is 0.490 e. The second-order valence-electron chi connectivity index (χ2n) is 7.06. The van der Waals surface area contributed by atoms with Gasteiger partial charge in [0, 0.05) is 6.20 Å². The van der Waals surface area contributed by atoms with Gasteiger partial charge in [-0.3, -0.25) is 29.0 Å². The van der Waals surface area contributed by atoms with E-state index in [9.17, 15) is 43.2 Å². The van der Waals surface area contributed by atoms with Crippen LogP contribution in [0.3, 0.4) is 0 Å². The lowest BCUT2D eigenvalue weighted by Crippen LogP contribution is -2.38. The zero-order chi connectivity index (χ0) is 26.8. The van der Waals surface area contributed by atoms with Gasteiger partial charge in [-0.1, -0.05) is 0 Å². The van der Waals surface area contributed by atoms with E-state index in [1.807, 2.05) is 4.98 Å². The minimum Gasteiger partial charge on any atom is -0.387 e. The van der Waals surface area contributed by atoms with Crippen LogP contribution in [0.25, 0.3) is 0 Å². The van der Waals surface area contributed by atoms with E-state index in [1.165, 1.54) is 6.92 Å². The van der Waals surface area contributed by atoms with E-state index in [0.717, 1.165) is 10.8 Å². The van der Waals surface area contributed by atoms with Crippen LogP contribution in [0.2, 0.25) is 0 Å². The first-order valence-electron chi connectivity index (χ1n) is 9.24. The molecule has 8 N–H and O–H groups in total. The maximum Gasteiger partial charge on any atom is 0.490 e. The van der Waals surface area contributed by atoms with Gasteiger partial charge in [0.05, 0.1) is 25.4 Å². The summed E-state index contributed by atoms with van der Waals surface area (Å²) in [7, 11) is -16.9. The van der Waals surface area contributed by atoms with Crippen molar-refractivity contribution in [2.75, 3.05) is 13.2 Å². The smallest absolute Gasteiger partial charge is 0.387 e. The number of H-pyrrole nitrogens is 1. The predicted molar refractivity (Wildman–Crippen MR) is 109 cm³/mol. The summed E-state index contributed by atoms with van der Waals surface area (Å²) in [6.07, 6.45) is -5.89. The fourth-order valence-corrected chi connectivity index (χ4v) is 5.84. The third kappa shape index (κ3) is 8.89. The Bertz CT molecular complexity index is 1190. The number of ketones is 1. The van der Waals surface area contributed by atoms with Gasteiger partial charge in [0.1, 0.15) is 30.2 Å². The first-order valence-corrected chi connectivity index (χ1v) is 13.8. The van der Waals surface area contributed by atoms with Crippen molar-refractivity contribution in [3.8, 4) is 0 Å². The van der Waals surface area contributed by atoms with Gasteiger partial charge in [0.25, 0.3) is 5.56 Å². The number of hydrogen-bond acceptors (Lipinski definition) is 13. The highest BCUT2D eigenvalue weighted by atomic mass is 31.3. The quantitative estimate of drug-likeness (QED) is 0.118. The topological polar surface area (TPSA) is 293 Å². The van der Waals surface area contributed by atoms with E-state index in [-0.39, 0.29) is 24.6 Å². The number of phosphoric acid groups is 3. The summed E-state index contributed by atoms with van der Waals surface area (Å²) in [6, 6.07) is 0. The lowest BCUT2D eigenvalue weighted by atomic mass is 10.0. The number of carbonyl (C=O) groups is 1. The Hall–Kier alpha value is -1.40. The first kappa shape index (κ1) is 29.8. The van der Waals surface area contributed by atoms with Crippen molar-refractivity contribution >= 4 is 29.3 Å². The van der Waals surface area contributed by atoms with Crippen molar-refractivity contribution in [2.45, 2.75) is 38.0 Å². The zero-order valence-electron chi connectivity index (χ0n) is 17.6. The molecule has 0 radical (unpaired) electrons. The molecule has 0 aromatic carbocycles. The third-order valence-electron chi connectivity index (χ3n) is 4.18. The Morgan fingerprint density at radius 2 is 1.74 bits per heavy atom. The lowest BCUT2D eigenvalue weighted by molar-refractivity contribution is -0.116. The normalized spacial score (nSPS) is 26.3. The summed E-state index contributed by atoms with van der Waals surface area (Å²) < 4.78 is 51.5. The molecule has 0 spiro atoms. The van der Waals surface area contributed by atoms with Crippen molar-refractivity contribution < 1.29 is 66.2 Å². The second-order valence-corrected chi connectivity index (χ2v) is 11.5. The summed E-state index contributed by atoms with van der Waals surface area (Å²) in [4.78, 5) is 72.8. The minimum absolute atomic E-state index is 0.0924. The van der Waals surface area contributed by atoms with Crippen LogP contribution in [-0.4, -0.2) is 76.6 Å². The molecule has 0 amide bonds. The fourth-order valence-electron chi connectivity index (χ4n) is 2.81. The summed E-state index contributed by atoms with van der Waals surface area (Å²) in [6.45, 7) is -0.106. The highest BCUT2D eigenvalue weighted by Gasteiger charge is 2.47. The number of nitrogens with zero attached hydrogens (tertiary/aromatic N) is 1. The number of rotatable bonds is 12. The maximum absolute atomic E-state index is 12.2. The van der Waals surface area contributed by atoms with Gasteiger partial charge in [-0.05, 0) is 6.92 Å². The molecule has 0 saturated carbocycles. The number of aromatic amines is 1. The van der Waals surface area contributed by atoms with Crippen LogP contribution in [0.4, 0.5) is 0 Å². The van der Waals surface area contributed by atoms with Gasteiger partial charge in [0.15, 0.2) is 0 Å². The molecule has 200 valence electrons. The number of hydrogen-bond donors (Lipinski definition) is 8. The average molecular weight is 569 g/mol. The van der Waals surface area contributed by atoms with Crippen LogP contribution < -0.4 is 16.6 Å². The molecular weight excluding hydrogens is 547 g/mol. The molecule has 6 atom stereocenters. The summed E-state index contributed by atoms with van der Waals surface area (Å²) in [5.41, 5.74) is -2.21. The Labute approximate surface area is 194 Å². The molecule has 1 aromatic rings. The van der Waals surface area contributed by atoms with E-state index in [1.54, 1.807) is 0 Å². The fraction of sp³-hybridized carbons (Fsp3) is 0.615. The molecule has 1 fully saturated rings. The monoisotopic (exact) mass is 569 g/mol. The number of Topliss-reactive ketones (excluding diaryl/α,β-unsaturated/α-hetero) is 1. The molecule has 1 aliphatic rings. The number of aliphatic hydroxyl groups is 2. The molecule has 35 heavy (non-hydrogen) atoms. The first-order chi connectivity index (χ1) is 15.9.